The lowest BCUT2D eigenvalue weighted by molar-refractivity contribution is 0.414. The van der Waals surface area contributed by atoms with Crippen LogP contribution in [0, 0.1) is 0 Å². The van der Waals surface area contributed by atoms with Crippen LogP contribution in [0.2, 0.25) is 0 Å². The third kappa shape index (κ3) is 2.96. The van der Waals surface area contributed by atoms with Gasteiger partial charge < -0.3 is 9.47 Å². The van der Waals surface area contributed by atoms with Gasteiger partial charge in [0.15, 0.2) is 0 Å². The van der Waals surface area contributed by atoms with E-state index in [1.54, 1.807) is 14.2 Å². The molecule has 0 atom stereocenters. The number of anilines is 2. The van der Waals surface area contributed by atoms with Crippen LogP contribution in [0.3, 0.4) is 0 Å². The van der Waals surface area contributed by atoms with Crippen LogP contribution in [-0.4, -0.2) is 28.3 Å². The molecular formula is C16H20N2O2. The summed E-state index contributed by atoms with van der Waals surface area (Å²) >= 11 is 0. The fraction of sp³-hybridized carbons (Fsp3) is 0.250. The zero-order valence-electron chi connectivity index (χ0n) is 12.3. The predicted molar refractivity (Wildman–Crippen MR) is 82.8 cm³/mol. The van der Waals surface area contributed by atoms with E-state index in [0.29, 0.717) is 0 Å². The summed E-state index contributed by atoms with van der Waals surface area (Å²) in [4.78, 5) is 0. The molecule has 0 aromatic heterocycles. The number of methoxy groups -OCH3 is 2. The Hall–Kier alpha value is -2.36. The van der Waals surface area contributed by atoms with E-state index in [0.717, 1.165) is 22.9 Å². The second-order valence-electron chi connectivity index (χ2n) is 4.44. The van der Waals surface area contributed by atoms with Gasteiger partial charge in [-0.3, -0.25) is 10.0 Å². The van der Waals surface area contributed by atoms with Gasteiger partial charge in [0, 0.05) is 14.1 Å². The van der Waals surface area contributed by atoms with Crippen molar-refractivity contribution in [3.05, 3.63) is 48.5 Å². The van der Waals surface area contributed by atoms with Crippen molar-refractivity contribution in [1.29, 1.82) is 0 Å². The number of hydrogen-bond acceptors (Lipinski definition) is 4. The predicted octanol–water partition coefficient (Wildman–Crippen LogP) is 3.19. The maximum absolute atomic E-state index is 5.17. The molecule has 0 heterocycles. The summed E-state index contributed by atoms with van der Waals surface area (Å²) < 4.78 is 10.3. The van der Waals surface area contributed by atoms with E-state index in [2.05, 4.69) is 10.0 Å². The first-order valence-electron chi connectivity index (χ1n) is 6.41. The molecule has 0 spiro atoms. The van der Waals surface area contributed by atoms with E-state index in [4.69, 9.17) is 9.47 Å². The number of nitrogens with zero attached hydrogens (tertiary/aromatic N) is 2. The molecule has 0 unspecified atom stereocenters. The third-order valence-electron chi connectivity index (χ3n) is 3.34. The quantitative estimate of drug-likeness (QED) is 0.780. The lowest BCUT2D eigenvalue weighted by Gasteiger charge is -2.32. The van der Waals surface area contributed by atoms with Gasteiger partial charge in [0.2, 0.25) is 0 Å². The molecule has 0 aliphatic carbocycles. The molecule has 0 radical (unpaired) electrons. The number of hydrazine groups is 1. The Morgan fingerprint density at radius 1 is 0.600 bits per heavy atom. The standard InChI is InChI=1S/C16H20N2O2/c1-17(13-5-9-15(19-3)10-6-13)18(2)14-7-11-16(20-4)12-8-14/h5-12H,1-4H3. The zero-order valence-corrected chi connectivity index (χ0v) is 12.3. The van der Waals surface area contributed by atoms with Gasteiger partial charge in [-0.1, -0.05) is 0 Å². The molecule has 106 valence electrons. The summed E-state index contributed by atoms with van der Waals surface area (Å²) in [5.74, 6) is 1.71. The maximum atomic E-state index is 5.17. The maximum Gasteiger partial charge on any atom is 0.119 e. The number of hydrogen-bond donors (Lipinski definition) is 0. The van der Waals surface area contributed by atoms with Crippen molar-refractivity contribution in [3.63, 3.8) is 0 Å². The van der Waals surface area contributed by atoms with Gasteiger partial charge in [0.25, 0.3) is 0 Å². The molecule has 0 aliphatic rings. The molecule has 0 bridgehead atoms. The lowest BCUT2D eigenvalue weighted by Crippen LogP contribution is -2.36. The Morgan fingerprint density at radius 2 is 0.900 bits per heavy atom. The van der Waals surface area contributed by atoms with Crippen LogP contribution in [0.5, 0.6) is 11.5 Å². The Labute approximate surface area is 120 Å². The molecule has 0 aliphatic heterocycles. The van der Waals surface area contributed by atoms with E-state index < -0.39 is 0 Å². The zero-order chi connectivity index (χ0) is 14.5. The van der Waals surface area contributed by atoms with Crippen molar-refractivity contribution in [2.24, 2.45) is 0 Å². The summed E-state index contributed by atoms with van der Waals surface area (Å²) in [7, 11) is 7.38. The Bertz CT molecular complexity index is 486. The molecule has 2 rings (SSSR count). The van der Waals surface area contributed by atoms with Crippen molar-refractivity contribution in [3.8, 4) is 11.5 Å². The minimum Gasteiger partial charge on any atom is -0.497 e. The van der Waals surface area contributed by atoms with Crippen LogP contribution < -0.4 is 19.5 Å². The molecule has 2 aromatic carbocycles. The molecule has 0 N–H and O–H groups in total. The average molecular weight is 272 g/mol. The van der Waals surface area contributed by atoms with Crippen LogP contribution in [0.4, 0.5) is 11.4 Å². The van der Waals surface area contributed by atoms with Crippen molar-refractivity contribution < 1.29 is 9.47 Å². The minimum atomic E-state index is 0.856. The summed E-state index contributed by atoms with van der Waals surface area (Å²) in [5.41, 5.74) is 2.17. The first kappa shape index (κ1) is 14.1. The number of ether oxygens (including phenoxy) is 2. The number of benzene rings is 2. The second kappa shape index (κ2) is 6.19. The smallest absolute Gasteiger partial charge is 0.119 e. The summed E-state index contributed by atoms with van der Waals surface area (Å²) in [6, 6.07) is 15.9. The largest absolute Gasteiger partial charge is 0.497 e. The monoisotopic (exact) mass is 272 g/mol. The molecule has 0 fully saturated rings. The van der Waals surface area contributed by atoms with Gasteiger partial charge in [-0.25, -0.2) is 0 Å². The molecule has 0 saturated carbocycles. The fourth-order valence-corrected chi connectivity index (χ4v) is 1.94. The third-order valence-corrected chi connectivity index (χ3v) is 3.34. The van der Waals surface area contributed by atoms with Gasteiger partial charge in [0.05, 0.1) is 25.6 Å². The van der Waals surface area contributed by atoms with E-state index in [1.165, 1.54) is 0 Å². The SMILES string of the molecule is COc1ccc(N(C)N(C)c2ccc(OC)cc2)cc1. The summed E-state index contributed by atoms with van der Waals surface area (Å²) in [6.07, 6.45) is 0. The molecule has 2 aromatic rings. The highest BCUT2D eigenvalue weighted by Gasteiger charge is 2.08. The average Bonchev–Trinajstić information content (AvgIpc) is 2.53. The number of rotatable bonds is 5. The van der Waals surface area contributed by atoms with Crippen LogP contribution in [0.15, 0.2) is 48.5 Å². The highest BCUT2D eigenvalue weighted by molar-refractivity contribution is 5.58. The Morgan fingerprint density at radius 3 is 1.15 bits per heavy atom. The molecule has 20 heavy (non-hydrogen) atoms. The summed E-state index contributed by atoms with van der Waals surface area (Å²) in [6.45, 7) is 0. The van der Waals surface area contributed by atoms with Gasteiger partial charge in [-0.05, 0) is 48.5 Å². The van der Waals surface area contributed by atoms with Crippen LogP contribution in [0.25, 0.3) is 0 Å². The highest BCUT2D eigenvalue weighted by Crippen LogP contribution is 2.24. The summed E-state index contributed by atoms with van der Waals surface area (Å²) in [5, 5.41) is 4.14. The van der Waals surface area contributed by atoms with Crippen LogP contribution in [-0.2, 0) is 0 Å². The van der Waals surface area contributed by atoms with E-state index in [-0.39, 0.29) is 0 Å². The minimum absolute atomic E-state index is 0.856. The van der Waals surface area contributed by atoms with E-state index in [9.17, 15) is 0 Å². The van der Waals surface area contributed by atoms with Crippen LogP contribution >= 0.6 is 0 Å². The van der Waals surface area contributed by atoms with Crippen molar-refractivity contribution in [1.82, 2.24) is 0 Å². The fourth-order valence-electron chi connectivity index (χ4n) is 1.94. The first-order valence-corrected chi connectivity index (χ1v) is 6.41. The van der Waals surface area contributed by atoms with Crippen molar-refractivity contribution in [2.45, 2.75) is 0 Å². The molecule has 4 heteroatoms. The molecule has 0 saturated heterocycles. The topological polar surface area (TPSA) is 24.9 Å². The normalized spacial score (nSPS) is 10.0. The van der Waals surface area contributed by atoms with Crippen molar-refractivity contribution >= 4 is 11.4 Å². The van der Waals surface area contributed by atoms with E-state index in [1.807, 2.05) is 62.6 Å². The first-order chi connectivity index (χ1) is 9.65. The Balaban J connectivity index is 2.15. The van der Waals surface area contributed by atoms with Gasteiger partial charge in [-0.15, -0.1) is 0 Å². The molecule has 0 amide bonds. The van der Waals surface area contributed by atoms with E-state index >= 15 is 0 Å². The van der Waals surface area contributed by atoms with Gasteiger partial charge in [-0.2, -0.15) is 0 Å². The second-order valence-corrected chi connectivity index (χ2v) is 4.44. The van der Waals surface area contributed by atoms with Gasteiger partial charge in [0.1, 0.15) is 11.5 Å². The molecule has 4 nitrogen and oxygen atoms in total. The molecular weight excluding hydrogens is 252 g/mol. The van der Waals surface area contributed by atoms with Crippen molar-refractivity contribution in [2.75, 3.05) is 38.3 Å². The highest BCUT2D eigenvalue weighted by atomic mass is 16.5. The van der Waals surface area contributed by atoms with Crippen LogP contribution in [0.1, 0.15) is 0 Å². The lowest BCUT2D eigenvalue weighted by atomic mass is 10.3. The van der Waals surface area contributed by atoms with Gasteiger partial charge >= 0.3 is 0 Å². The Kier molecular flexibility index (Phi) is 4.35.